The summed E-state index contributed by atoms with van der Waals surface area (Å²) >= 11 is 0. The van der Waals surface area contributed by atoms with E-state index in [1.54, 1.807) is 0 Å². The Hall–Kier alpha value is -2.94. The van der Waals surface area contributed by atoms with Gasteiger partial charge in [0, 0.05) is 24.9 Å². The van der Waals surface area contributed by atoms with Crippen LogP contribution in [0.1, 0.15) is 17.1 Å². The van der Waals surface area contributed by atoms with Crippen LogP contribution in [0.3, 0.4) is 0 Å². The maximum absolute atomic E-state index is 4.86. The second kappa shape index (κ2) is 6.67. The lowest BCUT2D eigenvalue weighted by molar-refractivity contribution is 0.724. The lowest BCUT2D eigenvalue weighted by atomic mass is 10.2. The fourth-order valence-electron chi connectivity index (χ4n) is 3.04. The number of aryl methyl sites for hydroxylation is 2. The third kappa shape index (κ3) is 3.06. The molecule has 0 bridgehead atoms. The van der Waals surface area contributed by atoms with Crippen molar-refractivity contribution in [2.45, 2.75) is 19.4 Å². The fourth-order valence-corrected chi connectivity index (χ4v) is 3.04. The molecule has 0 radical (unpaired) electrons. The van der Waals surface area contributed by atoms with E-state index in [4.69, 9.17) is 4.98 Å². The van der Waals surface area contributed by atoms with Gasteiger partial charge < -0.3 is 4.57 Å². The zero-order valence-electron chi connectivity index (χ0n) is 13.5. The molecular formula is C21H19N3. The minimum absolute atomic E-state index is 0.846. The van der Waals surface area contributed by atoms with Crippen LogP contribution in [-0.2, 0) is 19.4 Å². The predicted octanol–water partition coefficient (Wildman–Crippen LogP) is 4.26. The van der Waals surface area contributed by atoms with Crippen LogP contribution in [-0.4, -0.2) is 14.5 Å². The van der Waals surface area contributed by atoms with E-state index in [0.717, 1.165) is 36.4 Å². The summed E-state index contributed by atoms with van der Waals surface area (Å²) in [6, 6.07) is 25.0. The molecule has 0 N–H and O–H groups in total. The zero-order valence-corrected chi connectivity index (χ0v) is 13.5. The summed E-state index contributed by atoms with van der Waals surface area (Å²) in [4.78, 5) is 9.28. The van der Waals surface area contributed by atoms with Crippen LogP contribution in [0.4, 0.5) is 0 Å². The van der Waals surface area contributed by atoms with E-state index in [-0.39, 0.29) is 0 Å². The minimum Gasteiger partial charge on any atom is -0.323 e. The Kier molecular flexibility index (Phi) is 4.07. The lowest BCUT2D eigenvalue weighted by Gasteiger charge is -2.09. The van der Waals surface area contributed by atoms with Crippen molar-refractivity contribution in [3.63, 3.8) is 0 Å². The third-order valence-electron chi connectivity index (χ3n) is 4.25. The second-order valence-electron chi connectivity index (χ2n) is 5.91. The highest BCUT2D eigenvalue weighted by molar-refractivity contribution is 5.76. The zero-order chi connectivity index (χ0) is 16.2. The molecule has 0 spiro atoms. The molecule has 0 saturated heterocycles. The van der Waals surface area contributed by atoms with Gasteiger partial charge in [-0.05, 0) is 36.2 Å². The van der Waals surface area contributed by atoms with Crippen molar-refractivity contribution < 1.29 is 0 Å². The normalized spacial score (nSPS) is 11.0. The SMILES string of the molecule is c1ccc(Cn2c(CCc3ccccn3)nc3ccccc32)cc1. The van der Waals surface area contributed by atoms with E-state index < -0.39 is 0 Å². The van der Waals surface area contributed by atoms with Crippen LogP contribution in [0.5, 0.6) is 0 Å². The molecule has 2 aromatic heterocycles. The van der Waals surface area contributed by atoms with Crippen LogP contribution in [0, 0.1) is 0 Å². The number of hydrogen-bond donors (Lipinski definition) is 0. The minimum atomic E-state index is 0.846. The number of rotatable bonds is 5. The number of benzene rings is 2. The van der Waals surface area contributed by atoms with Crippen LogP contribution in [0.25, 0.3) is 11.0 Å². The first-order chi connectivity index (χ1) is 11.9. The van der Waals surface area contributed by atoms with Gasteiger partial charge in [0.25, 0.3) is 0 Å². The van der Waals surface area contributed by atoms with Crippen LogP contribution >= 0.6 is 0 Å². The summed E-state index contributed by atoms with van der Waals surface area (Å²) in [7, 11) is 0. The molecule has 0 atom stereocenters. The Morgan fingerprint density at radius 3 is 2.38 bits per heavy atom. The Morgan fingerprint density at radius 2 is 1.54 bits per heavy atom. The van der Waals surface area contributed by atoms with Crippen LogP contribution in [0.2, 0.25) is 0 Å². The lowest BCUT2D eigenvalue weighted by Crippen LogP contribution is -2.07. The Balaban J connectivity index is 1.67. The smallest absolute Gasteiger partial charge is 0.110 e. The summed E-state index contributed by atoms with van der Waals surface area (Å²) in [6.45, 7) is 0.846. The van der Waals surface area contributed by atoms with Crippen molar-refractivity contribution in [2.75, 3.05) is 0 Å². The topological polar surface area (TPSA) is 30.7 Å². The molecular weight excluding hydrogens is 294 g/mol. The largest absolute Gasteiger partial charge is 0.323 e. The summed E-state index contributed by atoms with van der Waals surface area (Å²) in [5.74, 6) is 1.12. The van der Waals surface area contributed by atoms with Gasteiger partial charge in [-0.3, -0.25) is 4.98 Å². The fraction of sp³-hybridized carbons (Fsp3) is 0.143. The Bertz CT molecular complexity index is 927. The van der Waals surface area contributed by atoms with Gasteiger partial charge >= 0.3 is 0 Å². The molecule has 4 aromatic rings. The number of hydrogen-bond acceptors (Lipinski definition) is 2. The van der Waals surface area contributed by atoms with E-state index in [1.165, 1.54) is 11.1 Å². The van der Waals surface area contributed by atoms with E-state index in [9.17, 15) is 0 Å². The molecule has 118 valence electrons. The molecule has 24 heavy (non-hydrogen) atoms. The van der Waals surface area contributed by atoms with E-state index in [1.807, 2.05) is 24.4 Å². The molecule has 0 amide bonds. The van der Waals surface area contributed by atoms with E-state index >= 15 is 0 Å². The average Bonchev–Trinajstić information content (AvgIpc) is 2.99. The van der Waals surface area contributed by atoms with Gasteiger partial charge in [0.05, 0.1) is 11.0 Å². The number of nitrogens with zero attached hydrogens (tertiary/aromatic N) is 3. The van der Waals surface area contributed by atoms with Gasteiger partial charge in [0.15, 0.2) is 0 Å². The van der Waals surface area contributed by atoms with E-state index in [2.05, 4.69) is 64.1 Å². The van der Waals surface area contributed by atoms with Gasteiger partial charge in [0.1, 0.15) is 5.82 Å². The molecule has 0 fully saturated rings. The molecule has 0 aliphatic heterocycles. The van der Waals surface area contributed by atoms with Crippen molar-refractivity contribution in [3.8, 4) is 0 Å². The molecule has 4 rings (SSSR count). The van der Waals surface area contributed by atoms with E-state index in [0.29, 0.717) is 0 Å². The highest BCUT2D eigenvalue weighted by Gasteiger charge is 2.11. The first-order valence-corrected chi connectivity index (χ1v) is 8.28. The van der Waals surface area contributed by atoms with Gasteiger partial charge in [-0.15, -0.1) is 0 Å². The summed E-state index contributed by atoms with van der Waals surface area (Å²) in [6.07, 6.45) is 3.64. The monoisotopic (exact) mass is 313 g/mol. The molecule has 0 unspecified atom stereocenters. The van der Waals surface area contributed by atoms with Crippen molar-refractivity contribution >= 4 is 11.0 Å². The first kappa shape index (κ1) is 14.6. The molecule has 3 nitrogen and oxygen atoms in total. The summed E-state index contributed by atoms with van der Waals surface area (Å²) in [5, 5.41) is 0. The molecule has 2 heterocycles. The Morgan fingerprint density at radius 1 is 0.750 bits per heavy atom. The molecule has 0 saturated carbocycles. The Labute approximate surface area is 141 Å². The molecule has 0 aliphatic carbocycles. The predicted molar refractivity (Wildman–Crippen MR) is 96.9 cm³/mol. The molecule has 0 aliphatic rings. The third-order valence-corrected chi connectivity index (χ3v) is 4.25. The van der Waals surface area contributed by atoms with Crippen molar-refractivity contribution in [2.24, 2.45) is 0 Å². The summed E-state index contributed by atoms with van der Waals surface area (Å²) in [5.41, 5.74) is 4.65. The molecule has 2 aromatic carbocycles. The maximum atomic E-state index is 4.86. The van der Waals surface area contributed by atoms with Gasteiger partial charge in [-0.2, -0.15) is 0 Å². The van der Waals surface area contributed by atoms with Gasteiger partial charge in [-0.1, -0.05) is 48.5 Å². The van der Waals surface area contributed by atoms with Crippen LogP contribution in [0.15, 0.2) is 79.0 Å². The highest BCUT2D eigenvalue weighted by atomic mass is 15.1. The quantitative estimate of drug-likeness (QED) is 0.551. The average molecular weight is 313 g/mol. The number of fused-ring (bicyclic) bond motifs is 1. The van der Waals surface area contributed by atoms with Gasteiger partial charge in [0.2, 0.25) is 0 Å². The maximum Gasteiger partial charge on any atom is 0.110 e. The van der Waals surface area contributed by atoms with Crippen LogP contribution < -0.4 is 0 Å². The van der Waals surface area contributed by atoms with Crippen molar-refractivity contribution in [3.05, 3.63) is 96.1 Å². The summed E-state index contributed by atoms with van der Waals surface area (Å²) < 4.78 is 2.33. The van der Waals surface area contributed by atoms with Crippen molar-refractivity contribution in [1.82, 2.24) is 14.5 Å². The van der Waals surface area contributed by atoms with Gasteiger partial charge in [-0.25, -0.2) is 4.98 Å². The molecule has 3 heteroatoms. The first-order valence-electron chi connectivity index (χ1n) is 8.28. The number of pyridine rings is 1. The second-order valence-corrected chi connectivity index (χ2v) is 5.91. The standard InChI is InChI=1S/C21H19N3/c1-2-8-17(9-3-1)16-24-20-12-5-4-11-19(20)23-21(24)14-13-18-10-6-7-15-22-18/h1-12,15H,13-14,16H2. The number of aromatic nitrogens is 3. The highest BCUT2D eigenvalue weighted by Crippen LogP contribution is 2.19. The number of imidazole rings is 1. The number of para-hydroxylation sites is 2. The van der Waals surface area contributed by atoms with Crippen molar-refractivity contribution in [1.29, 1.82) is 0 Å².